The average molecular weight is 338 g/mol. The molecule has 0 saturated carbocycles. The van der Waals surface area contributed by atoms with Gasteiger partial charge < -0.3 is 4.74 Å². The third kappa shape index (κ3) is 2.92. The van der Waals surface area contributed by atoms with Crippen molar-refractivity contribution >= 4 is 26.7 Å². The predicted molar refractivity (Wildman–Crippen MR) is 81.0 cm³/mol. The first-order chi connectivity index (χ1) is 9.74. The van der Waals surface area contributed by atoms with Gasteiger partial charge in [0.25, 0.3) is 5.56 Å². The van der Waals surface area contributed by atoms with Gasteiger partial charge in [-0.15, -0.1) is 0 Å². The highest BCUT2D eigenvalue weighted by Crippen LogP contribution is 2.15. The monoisotopic (exact) mass is 337 g/mol. The summed E-state index contributed by atoms with van der Waals surface area (Å²) >= 11 is 3.40. The van der Waals surface area contributed by atoms with Gasteiger partial charge in [0.2, 0.25) is 0 Å². The number of morpholine rings is 1. The van der Waals surface area contributed by atoms with E-state index in [4.69, 9.17) is 4.74 Å². The fourth-order valence-electron chi connectivity index (χ4n) is 2.38. The summed E-state index contributed by atoms with van der Waals surface area (Å²) in [5.74, 6) is 0. The van der Waals surface area contributed by atoms with E-state index in [2.05, 4.69) is 25.9 Å². The van der Waals surface area contributed by atoms with Crippen molar-refractivity contribution in [2.24, 2.45) is 0 Å². The Hall–Kier alpha value is -1.24. The summed E-state index contributed by atoms with van der Waals surface area (Å²) in [6, 6.07) is 5.64. The molecule has 0 atom stereocenters. The van der Waals surface area contributed by atoms with E-state index in [-0.39, 0.29) is 5.56 Å². The van der Waals surface area contributed by atoms with Crippen LogP contribution in [-0.4, -0.2) is 47.5 Å². The van der Waals surface area contributed by atoms with E-state index < -0.39 is 0 Å². The van der Waals surface area contributed by atoms with Crippen molar-refractivity contribution in [3.63, 3.8) is 0 Å². The molecule has 1 aromatic heterocycles. The molecule has 6 heteroatoms. The van der Waals surface area contributed by atoms with E-state index in [1.165, 1.54) is 0 Å². The molecule has 106 valence electrons. The van der Waals surface area contributed by atoms with Crippen molar-refractivity contribution in [2.75, 3.05) is 32.8 Å². The summed E-state index contributed by atoms with van der Waals surface area (Å²) in [6.07, 6.45) is 1.75. The zero-order chi connectivity index (χ0) is 13.9. The summed E-state index contributed by atoms with van der Waals surface area (Å²) in [5.41, 5.74) is -0.0248. The summed E-state index contributed by atoms with van der Waals surface area (Å²) in [5, 5.41) is 5.84. The van der Waals surface area contributed by atoms with Crippen molar-refractivity contribution in [1.82, 2.24) is 14.7 Å². The summed E-state index contributed by atoms with van der Waals surface area (Å²) < 4.78 is 7.82. The van der Waals surface area contributed by atoms with Crippen LogP contribution in [0.3, 0.4) is 0 Å². The molecular formula is C14H16BrN3O2. The van der Waals surface area contributed by atoms with Gasteiger partial charge in [-0.05, 0) is 18.2 Å². The van der Waals surface area contributed by atoms with Crippen molar-refractivity contribution < 1.29 is 4.74 Å². The van der Waals surface area contributed by atoms with Crippen LogP contribution in [0.15, 0.2) is 33.7 Å². The number of fused-ring (bicyclic) bond motifs is 1. The molecule has 1 aromatic carbocycles. The number of hydrogen-bond donors (Lipinski definition) is 0. The predicted octanol–water partition coefficient (Wildman–Crippen LogP) is 1.49. The Morgan fingerprint density at radius 2 is 2.05 bits per heavy atom. The topological polar surface area (TPSA) is 47.4 Å². The van der Waals surface area contributed by atoms with Gasteiger partial charge in [0.15, 0.2) is 0 Å². The van der Waals surface area contributed by atoms with Crippen molar-refractivity contribution in [1.29, 1.82) is 0 Å². The molecule has 0 N–H and O–H groups in total. The molecule has 0 bridgehead atoms. The molecule has 2 aromatic rings. The Balaban J connectivity index is 1.79. The summed E-state index contributed by atoms with van der Waals surface area (Å²) in [6.45, 7) is 4.84. The van der Waals surface area contributed by atoms with Crippen LogP contribution in [0.2, 0.25) is 0 Å². The van der Waals surface area contributed by atoms with Gasteiger partial charge >= 0.3 is 0 Å². The average Bonchev–Trinajstić information content (AvgIpc) is 2.47. The van der Waals surface area contributed by atoms with Crippen LogP contribution >= 0.6 is 15.9 Å². The van der Waals surface area contributed by atoms with E-state index in [9.17, 15) is 4.79 Å². The number of halogens is 1. The normalized spacial score (nSPS) is 16.6. The number of nitrogens with zero attached hydrogens (tertiary/aromatic N) is 3. The molecule has 1 aliphatic rings. The van der Waals surface area contributed by atoms with E-state index in [0.29, 0.717) is 11.9 Å². The Morgan fingerprint density at radius 3 is 2.85 bits per heavy atom. The molecule has 1 aliphatic heterocycles. The minimum absolute atomic E-state index is 0.0248. The van der Waals surface area contributed by atoms with Crippen molar-refractivity contribution in [3.05, 3.63) is 39.2 Å². The Kier molecular flexibility index (Phi) is 4.14. The van der Waals surface area contributed by atoms with E-state index in [1.54, 1.807) is 10.9 Å². The minimum atomic E-state index is -0.0248. The van der Waals surface area contributed by atoms with Crippen molar-refractivity contribution in [2.45, 2.75) is 6.54 Å². The van der Waals surface area contributed by atoms with Crippen LogP contribution in [-0.2, 0) is 11.3 Å². The van der Waals surface area contributed by atoms with Gasteiger partial charge in [-0.3, -0.25) is 9.69 Å². The minimum Gasteiger partial charge on any atom is -0.379 e. The van der Waals surface area contributed by atoms with Crippen LogP contribution in [0.25, 0.3) is 10.8 Å². The third-order valence-electron chi connectivity index (χ3n) is 3.55. The number of benzene rings is 1. The Bertz CT molecular complexity index is 665. The van der Waals surface area contributed by atoms with Gasteiger partial charge in [0.1, 0.15) is 0 Å². The lowest BCUT2D eigenvalue weighted by molar-refractivity contribution is 0.0358. The molecule has 20 heavy (non-hydrogen) atoms. The molecule has 0 spiro atoms. The third-order valence-corrected chi connectivity index (χ3v) is 4.04. The lowest BCUT2D eigenvalue weighted by atomic mass is 10.2. The molecule has 0 unspecified atom stereocenters. The molecule has 0 radical (unpaired) electrons. The van der Waals surface area contributed by atoms with Gasteiger partial charge in [-0.2, -0.15) is 5.10 Å². The lowest BCUT2D eigenvalue weighted by Gasteiger charge is -2.26. The molecule has 0 aliphatic carbocycles. The molecule has 3 rings (SSSR count). The van der Waals surface area contributed by atoms with Crippen LogP contribution in [0.5, 0.6) is 0 Å². The largest absolute Gasteiger partial charge is 0.379 e. The molecule has 1 fully saturated rings. The van der Waals surface area contributed by atoms with E-state index in [0.717, 1.165) is 42.7 Å². The molecule has 1 saturated heterocycles. The highest BCUT2D eigenvalue weighted by atomic mass is 79.9. The van der Waals surface area contributed by atoms with Gasteiger partial charge in [-0.25, -0.2) is 4.68 Å². The van der Waals surface area contributed by atoms with Crippen LogP contribution in [0.4, 0.5) is 0 Å². The number of aromatic nitrogens is 2. The number of rotatable bonds is 3. The Labute approximate surface area is 125 Å². The first-order valence-corrected chi connectivity index (χ1v) is 7.49. The maximum Gasteiger partial charge on any atom is 0.274 e. The molecule has 5 nitrogen and oxygen atoms in total. The zero-order valence-corrected chi connectivity index (χ0v) is 12.7. The maximum absolute atomic E-state index is 12.4. The highest BCUT2D eigenvalue weighted by molar-refractivity contribution is 9.10. The summed E-state index contributed by atoms with van der Waals surface area (Å²) in [7, 11) is 0. The zero-order valence-electron chi connectivity index (χ0n) is 11.1. The second-order valence-corrected chi connectivity index (χ2v) is 5.77. The smallest absolute Gasteiger partial charge is 0.274 e. The van der Waals surface area contributed by atoms with Crippen LogP contribution in [0.1, 0.15) is 0 Å². The molecule has 0 amide bonds. The maximum atomic E-state index is 12.4. The lowest BCUT2D eigenvalue weighted by Crippen LogP contribution is -2.39. The Morgan fingerprint density at radius 1 is 1.25 bits per heavy atom. The van der Waals surface area contributed by atoms with Crippen molar-refractivity contribution in [3.8, 4) is 0 Å². The number of ether oxygens (including phenoxy) is 1. The van der Waals surface area contributed by atoms with E-state index >= 15 is 0 Å². The molecular weight excluding hydrogens is 322 g/mol. The van der Waals surface area contributed by atoms with Gasteiger partial charge in [0.05, 0.1) is 31.3 Å². The fraction of sp³-hybridized carbons (Fsp3) is 0.429. The molecule has 2 heterocycles. The van der Waals surface area contributed by atoms with E-state index in [1.807, 2.05) is 18.2 Å². The number of hydrogen-bond acceptors (Lipinski definition) is 4. The first-order valence-electron chi connectivity index (χ1n) is 6.69. The fourth-order valence-corrected chi connectivity index (χ4v) is 2.76. The first kappa shape index (κ1) is 13.7. The highest BCUT2D eigenvalue weighted by Gasteiger charge is 2.11. The SMILES string of the molecule is O=c1c2ccc(Br)cc2cnn1CCN1CCOCC1. The summed E-state index contributed by atoms with van der Waals surface area (Å²) in [4.78, 5) is 14.6. The van der Waals surface area contributed by atoms with Crippen LogP contribution < -0.4 is 5.56 Å². The second kappa shape index (κ2) is 6.03. The van der Waals surface area contributed by atoms with Crippen LogP contribution in [0, 0.1) is 0 Å². The van der Waals surface area contributed by atoms with Gasteiger partial charge in [0, 0.05) is 29.5 Å². The quantitative estimate of drug-likeness (QED) is 0.851. The second-order valence-electron chi connectivity index (χ2n) is 4.86. The standard InChI is InChI=1S/C14H16BrN3O2/c15-12-1-2-13-11(9-12)10-16-18(14(13)19)4-3-17-5-7-20-8-6-17/h1-2,9-10H,3-8H2. The van der Waals surface area contributed by atoms with Gasteiger partial charge in [-0.1, -0.05) is 15.9 Å².